The second kappa shape index (κ2) is 3.57. The summed E-state index contributed by atoms with van der Waals surface area (Å²) < 4.78 is 10.5. The van der Waals surface area contributed by atoms with E-state index in [9.17, 15) is 14.7 Å². The van der Waals surface area contributed by atoms with Crippen molar-refractivity contribution < 1.29 is 24.2 Å². The predicted molar refractivity (Wildman–Crippen MR) is 60.3 cm³/mol. The molecule has 0 aromatic carbocycles. The molecule has 1 aliphatic heterocycles. The summed E-state index contributed by atoms with van der Waals surface area (Å²) in [6.07, 6.45) is 0.344. The van der Waals surface area contributed by atoms with Crippen LogP contribution in [0, 0.1) is 17.8 Å². The Balaban J connectivity index is 1.94. The number of cyclic esters (lactones) is 1. The van der Waals surface area contributed by atoms with Gasteiger partial charge in [0, 0.05) is 11.5 Å². The Kier molecular flexibility index (Phi) is 2.32. The van der Waals surface area contributed by atoms with Crippen LogP contribution in [0.2, 0.25) is 0 Å². The van der Waals surface area contributed by atoms with Crippen molar-refractivity contribution in [3.8, 4) is 0 Å². The number of aliphatic hydroxyl groups is 1. The molecule has 1 saturated heterocycles. The normalized spacial score (nSPS) is 44.7. The number of rotatable bonds is 2. The van der Waals surface area contributed by atoms with Gasteiger partial charge in [-0.05, 0) is 25.7 Å². The summed E-state index contributed by atoms with van der Waals surface area (Å²) in [6.45, 7) is 5.47. The molecule has 5 atom stereocenters. The molecule has 2 saturated carbocycles. The van der Waals surface area contributed by atoms with Crippen LogP contribution >= 0.6 is 0 Å². The van der Waals surface area contributed by atoms with Crippen LogP contribution in [-0.2, 0) is 19.1 Å². The third-order valence-corrected chi connectivity index (χ3v) is 4.53. The molecule has 18 heavy (non-hydrogen) atoms. The Labute approximate surface area is 105 Å². The van der Waals surface area contributed by atoms with Crippen LogP contribution in [0.4, 0.5) is 0 Å². The first-order chi connectivity index (χ1) is 8.45. The van der Waals surface area contributed by atoms with Gasteiger partial charge in [-0.3, -0.25) is 4.79 Å². The third kappa shape index (κ3) is 1.31. The van der Waals surface area contributed by atoms with E-state index in [1.54, 1.807) is 6.92 Å². The zero-order valence-electron chi connectivity index (χ0n) is 10.2. The SMILES string of the molecule is C=C(C)C(=O)OC12CC(CC1O)C1COC(=O)C12. The number of aliphatic hydroxyl groups excluding tert-OH is 1. The van der Waals surface area contributed by atoms with Gasteiger partial charge in [0.2, 0.25) is 0 Å². The van der Waals surface area contributed by atoms with Crippen molar-refractivity contribution >= 4 is 11.9 Å². The molecule has 3 aliphatic rings. The Morgan fingerprint density at radius 2 is 2.33 bits per heavy atom. The third-order valence-electron chi connectivity index (χ3n) is 4.53. The van der Waals surface area contributed by atoms with E-state index in [-0.39, 0.29) is 23.4 Å². The first kappa shape index (κ1) is 11.7. The molecule has 0 amide bonds. The highest BCUT2D eigenvalue weighted by Gasteiger charge is 2.70. The van der Waals surface area contributed by atoms with Gasteiger partial charge in [-0.1, -0.05) is 6.58 Å². The Morgan fingerprint density at radius 1 is 1.61 bits per heavy atom. The summed E-state index contributed by atoms with van der Waals surface area (Å²) in [5.41, 5.74) is -0.811. The van der Waals surface area contributed by atoms with Gasteiger partial charge in [0.25, 0.3) is 0 Å². The molecule has 2 aliphatic carbocycles. The highest BCUT2D eigenvalue weighted by atomic mass is 16.6. The van der Waals surface area contributed by atoms with Crippen LogP contribution in [-0.4, -0.2) is 35.4 Å². The molecule has 5 nitrogen and oxygen atoms in total. The number of hydrogen-bond donors (Lipinski definition) is 1. The summed E-state index contributed by atoms with van der Waals surface area (Å²) >= 11 is 0. The van der Waals surface area contributed by atoms with Crippen molar-refractivity contribution in [3.05, 3.63) is 12.2 Å². The Bertz CT molecular complexity index is 443. The van der Waals surface area contributed by atoms with Crippen LogP contribution in [0.5, 0.6) is 0 Å². The van der Waals surface area contributed by atoms with E-state index in [4.69, 9.17) is 9.47 Å². The van der Waals surface area contributed by atoms with Gasteiger partial charge in [-0.2, -0.15) is 0 Å². The average molecular weight is 252 g/mol. The minimum Gasteiger partial charge on any atom is -0.465 e. The maximum absolute atomic E-state index is 11.8. The zero-order chi connectivity index (χ0) is 13.1. The van der Waals surface area contributed by atoms with Crippen LogP contribution in [0.1, 0.15) is 19.8 Å². The van der Waals surface area contributed by atoms with Gasteiger partial charge in [-0.25, -0.2) is 4.79 Å². The fraction of sp³-hybridized carbons (Fsp3) is 0.692. The van der Waals surface area contributed by atoms with Gasteiger partial charge in [0.05, 0.1) is 12.7 Å². The molecular weight excluding hydrogens is 236 g/mol. The van der Waals surface area contributed by atoms with Crippen molar-refractivity contribution in [2.75, 3.05) is 6.61 Å². The molecule has 1 N–H and O–H groups in total. The highest BCUT2D eigenvalue weighted by molar-refractivity contribution is 5.88. The highest BCUT2D eigenvalue weighted by Crippen LogP contribution is 2.59. The number of carbonyl (C=O) groups is 2. The molecule has 0 aromatic heterocycles. The summed E-state index contributed by atoms with van der Waals surface area (Å²) in [6, 6.07) is 0. The smallest absolute Gasteiger partial charge is 0.333 e. The number of hydrogen-bond acceptors (Lipinski definition) is 5. The lowest BCUT2D eigenvalue weighted by atomic mass is 9.77. The average Bonchev–Trinajstić information content (AvgIpc) is 2.90. The maximum Gasteiger partial charge on any atom is 0.333 e. The van der Waals surface area contributed by atoms with Crippen molar-refractivity contribution in [3.63, 3.8) is 0 Å². The van der Waals surface area contributed by atoms with E-state index in [1.807, 2.05) is 0 Å². The lowest BCUT2D eigenvalue weighted by Crippen LogP contribution is -2.51. The quantitative estimate of drug-likeness (QED) is 0.569. The van der Waals surface area contributed by atoms with E-state index in [1.165, 1.54) is 0 Å². The summed E-state index contributed by atoms with van der Waals surface area (Å²) in [5.74, 6) is -1.12. The van der Waals surface area contributed by atoms with E-state index in [0.717, 1.165) is 0 Å². The predicted octanol–water partition coefficient (Wildman–Crippen LogP) is 0.418. The molecule has 0 radical (unpaired) electrons. The standard InChI is InChI=1S/C13H16O5/c1-6(2)11(15)18-13-4-7(3-9(13)14)8-5-17-12(16)10(8)13/h7-10,14H,1,3-5H2,2H3. The Morgan fingerprint density at radius 3 is 3.00 bits per heavy atom. The topological polar surface area (TPSA) is 72.8 Å². The summed E-state index contributed by atoms with van der Waals surface area (Å²) in [4.78, 5) is 23.5. The van der Waals surface area contributed by atoms with E-state index in [0.29, 0.717) is 19.4 Å². The minimum atomic E-state index is -1.08. The molecule has 3 rings (SSSR count). The zero-order valence-corrected chi connectivity index (χ0v) is 10.2. The van der Waals surface area contributed by atoms with Gasteiger partial charge in [0.1, 0.15) is 5.92 Å². The minimum absolute atomic E-state index is 0.0822. The second-order valence-corrected chi connectivity index (χ2v) is 5.61. The van der Waals surface area contributed by atoms with Crippen molar-refractivity contribution in [2.45, 2.75) is 31.5 Å². The van der Waals surface area contributed by atoms with E-state index in [2.05, 4.69) is 6.58 Å². The van der Waals surface area contributed by atoms with Crippen LogP contribution in [0.15, 0.2) is 12.2 Å². The fourth-order valence-electron chi connectivity index (χ4n) is 3.72. The fourth-order valence-corrected chi connectivity index (χ4v) is 3.72. The number of fused-ring (bicyclic) bond motifs is 5. The van der Waals surface area contributed by atoms with Crippen molar-refractivity contribution in [2.24, 2.45) is 17.8 Å². The molecule has 3 fully saturated rings. The maximum atomic E-state index is 11.8. The van der Waals surface area contributed by atoms with E-state index >= 15 is 0 Å². The first-order valence-electron chi connectivity index (χ1n) is 6.19. The largest absolute Gasteiger partial charge is 0.465 e. The van der Waals surface area contributed by atoms with Crippen molar-refractivity contribution in [1.29, 1.82) is 0 Å². The number of carbonyl (C=O) groups excluding carboxylic acids is 2. The van der Waals surface area contributed by atoms with Crippen LogP contribution in [0.3, 0.4) is 0 Å². The van der Waals surface area contributed by atoms with E-state index < -0.39 is 23.6 Å². The summed E-state index contributed by atoms with van der Waals surface area (Å²) in [5, 5.41) is 10.2. The lowest BCUT2D eigenvalue weighted by molar-refractivity contribution is -0.179. The number of esters is 2. The summed E-state index contributed by atoms with van der Waals surface area (Å²) in [7, 11) is 0. The molecule has 0 aromatic rings. The molecule has 98 valence electrons. The molecule has 5 unspecified atom stereocenters. The van der Waals surface area contributed by atoms with Gasteiger partial charge < -0.3 is 14.6 Å². The van der Waals surface area contributed by atoms with Gasteiger partial charge in [0.15, 0.2) is 5.60 Å². The van der Waals surface area contributed by atoms with Crippen molar-refractivity contribution in [1.82, 2.24) is 0 Å². The molecular formula is C13H16O5. The lowest BCUT2D eigenvalue weighted by Gasteiger charge is -2.36. The number of ether oxygens (including phenoxy) is 2. The first-order valence-corrected chi connectivity index (χ1v) is 6.19. The molecule has 1 heterocycles. The molecule has 2 bridgehead atoms. The van der Waals surface area contributed by atoms with Crippen LogP contribution in [0.25, 0.3) is 0 Å². The molecule has 5 heteroatoms. The van der Waals surface area contributed by atoms with Gasteiger partial charge in [-0.15, -0.1) is 0 Å². The Hall–Kier alpha value is -1.36. The van der Waals surface area contributed by atoms with Crippen LogP contribution < -0.4 is 0 Å². The molecule has 0 spiro atoms. The second-order valence-electron chi connectivity index (χ2n) is 5.61. The monoisotopic (exact) mass is 252 g/mol. The van der Waals surface area contributed by atoms with Gasteiger partial charge >= 0.3 is 11.9 Å².